The van der Waals surface area contributed by atoms with Gasteiger partial charge in [0.05, 0.1) is 31.7 Å². The van der Waals surface area contributed by atoms with Crippen molar-refractivity contribution < 1.29 is 18.3 Å². The molecule has 0 spiro atoms. The van der Waals surface area contributed by atoms with Crippen molar-refractivity contribution in [1.29, 1.82) is 0 Å². The van der Waals surface area contributed by atoms with Crippen LogP contribution in [0.15, 0.2) is 18.5 Å². The van der Waals surface area contributed by atoms with E-state index < -0.39 is 7.60 Å². The van der Waals surface area contributed by atoms with Crippen molar-refractivity contribution in [3.05, 3.63) is 23.6 Å². The van der Waals surface area contributed by atoms with E-state index in [-0.39, 0.29) is 35.5 Å². The maximum atomic E-state index is 13.0. The molecule has 0 aromatic carbocycles. The van der Waals surface area contributed by atoms with Crippen LogP contribution in [-0.2, 0) is 18.3 Å². The Morgan fingerprint density at radius 3 is 2.60 bits per heavy atom. The van der Waals surface area contributed by atoms with Gasteiger partial charge in [-0.05, 0) is 30.8 Å². The van der Waals surface area contributed by atoms with Crippen molar-refractivity contribution in [2.75, 3.05) is 25.3 Å². The number of hydrogen-bond donors (Lipinski definition) is 1. The predicted molar refractivity (Wildman–Crippen MR) is 117 cm³/mol. The first kappa shape index (κ1) is 23.2. The van der Waals surface area contributed by atoms with Gasteiger partial charge in [0.25, 0.3) is 0 Å². The molecule has 166 valence electrons. The third-order valence-electron chi connectivity index (χ3n) is 5.03. The standard InChI is InChI=1S/C19H29ClN5O4P/c1-5-7-28-30(26,29-8-6-2)11-27-14-9-12(3)16(13(14)4)25-10-22-15-17(20)23-19(21)24-18(15)25/h10,12,14,16H,4-9,11H2,1-3H3,(H2,21,23,24)/t12-,14+,16-/m0/s1. The summed E-state index contributed by atoms with van der Waals surface area (Å²) >= 11 is 6.15. The van der Waals surface area contributed by atoms with Crippen LogP contribution in [0.4, 0.5) is 5.95 Å². The molecule has 0 aliphatic heterocycles. The number of fused-ring (bicyclic) bond motifs is 1. The molecule has 2 heterocycles. The first-order valence-electron chi connectivity index (χ1n) is 10.1. The Bertz CT molecular complexity index is 940. The zero-order chi connectivity index (χ0) is 21.9. The number of hydrogen-bond acceptors (Lipinski definition) is 8. The fourth-order valence-corrected chi connectivity index (χ4v) is 5.38. The van der Waals surface area contributed by atoms with E-state index in [9.17, 15) is 4.57 Å². The molecule has 0 saturated heterocycles. The Labute approximate surface area is 181 Å². The SMILES string of the molecule is C=C1[C@@H](n2cnc3c(Cl)nc(N)nc32)[C@@H](C)C[C@H]1OCP(=O)(OCCC)OCCC. The average molecular weight is 458 g/mol. The van der Waals surface area contributed by atoms with Crippen LogP contribution in [0.3, 0.4) is 0 Å². The molecule has 3 rings (SSSR count). The first-order valence-corrected chi connectivity index (χ1v) is 12.2. The molecule has 0 unspecified atom stereocenters. The average Bonchev–Trinajstić information content (AvgIpc) is 3.23. The van der Waals surface area contributed by atoms with E-state index in [1.807, 2.05) is 18.4 Å². The molecule has 2 aromatic rings. The van der Waals surface area contributed by atoms with Crippen molar-refractivity contribution in [3.63, 3.8) is 0 Å². The number of ether oxygens (including phenoxy) is 1. The summed E-state index contributed by atoms with van der Waals surface area (Å²) in [7, 11) is -3.32. The lowest BCUT2D eigenvalue weighted by Gasteiger charge is -2.22. The predicted octanol–water partition coefficient (Wildman–Crippen LogP) is 4.59. The number of nitrogen functional groups attached to an aromatic ring is 1. The van der Waals surface area contributed by atoms with E-state index in [2.05, 4.69) is 28.5 Å². The number of halogens is 1. The number of anilines is 1. The van der Waals surface area contributed by atoms with Crippen LogP contribution in [0.1, 0.15) is 46.1 Å². The molecule has 1 aliphatic rings. The van der Waals surface area contributed by atoms with Gasteiger partial charge in [-0.3, -0.25) is 4.57 Å². The van der Waals surface area contributed by atoms with Crippen molar-refractivity contribution in [3.8, 4) is 0 Å². The highest BCUT2D eigenvalue weighted by molar-refractivity contribution is 7.53. The molecule has 1 fully saturated rings. The summed E-state index contributed by atoms with van der Waals surface area (Å²) in [5, 5.41) is 0.211. The van der Waals surface area contributed by atoms with Gasteiger partial charge in [0.1, 0.15) is 11.9 Å². The second-order valence-electron chi connectivity index (χ2n) is 7.49. The molecule has 11 heteroatoms. The maximum absolute atomic E-state index is 13.0. The number of aromatic nitrogens is 4. The van der Waals surface area contributed by atoms with Gasteiger partial charge < -0.3 is 24.1 Å². The minimum atomic E-state index is -3.32. The molecule has 0 amide bonds. The third-order valence-corrected chi connectivity index (χ3v) is 6.91. The van der Waals surface area contributed by atoms with E-state index >= 15 is 0 Å². The van der Waals surface area contributed by atoms with Crippen molar-refractivity contribution >= 4 is 36.3 Å². The molecule has 1 aliphatic carbocycles. The summed E-state index contributed by atoms with van der Waals surface area (Å²) in [6.45, 7) is 11.0. The molecule has 30 heavy (non-hydrogen) atoms. The Morgan fingerprint density at radius 2 is 1.97 bits per heavy atom. The highest BCUT2D eigenvalue weighted by Gasteiger charge is 2.39. The van der Waals surface area contributed by atoms with E-state index in [1.54, 1.807) is 6.33 Å². The van der Waals surface area contributed by atoms with Gasteiger partial charge in [0, 0.05) is 0 Å². The minimum Gasteiger partial charge on any atom is -0.368 e. The molecule has 2 aromatic heterocycles. The molecule has 3 atom stereocenters. The lowest BCUT2D eigenvalue weighted by Crippen LogP contribution is -2.17. The number of imidazole rings is 1. The van der Waals surface area contributed by atoms with Crippen LogP contribution in [0.5, 0.6) is 0 Å². The monoisotopic (exact) mass is 457 g/mol. The Morgan fingerprint density at radius 1 is 1.30 bits per heavy atom. The van der Waals surface area contributed by atoms with Crippen LogP contribution >= 0.6 is 19.2 Å². The van der Waals surface area contributed by atoms with Gasteiger partial charge in [-0.2, -0.15) is 9.97 Å². The zero-order valence-corrected chi connectivity index (χ0v) is 19.2. The molecule has 2 N–H and O–H groups in total. The van der Waals surface area contributed by atoms with Gasteiger partial charge in [0.15, 0.2) is 10.8 Å². The summed E-state index contributed by atoms with van der Waals surface area (Å²) in [5.74, 6) is 0.266. The summed E-state index contributed by atoms with van der Waals surface area (Å²) in [5.41, 5.74) is 7.65. The van der Waals surface area contributed by atoms with Crippen LogP contribution < -0.4 is 5.73 Å². The quantitative estimate of drug-likeness (QED) is 0.313. The first-order chi connectivity index (χ1) is 14.3. The minimum absolute atomic E-state index is 0.0837. The third kappa shape index (κ3) is 4.86. The van der Waals surface area contributed by atoms with Gasteiger partial charge in [-0.25, -0.2) is 4.98 Å². The highest BCUT2D eigenvalue weighted by atomic mass is 35.5. The van der Waals surface area contributed by atoms with Crippen molar-refractivity contribution in [1.82, 2.24) is 19.5 Å². The van der Waals surface area contributed by atoms with E-state index in [4.69, 9.17) is 31.1 Å². The van der Waals surface area contributed by atoms with Crippen LogP contribution in [-0.4, -0.2) is 45.2 Å². The number of nitrogens with two attached hydrogens (primary N) is 1. The lowest BCUT2D eigenvalue weighted by molar-refractivity contribution is 0.0861. The molecule has 9 nitrogen and oxygen atoms in total. The van der Waals surface area contributed by atoms with Crippen LogP contribution in [0, 0.1) is 5.92 Å². The fraction of sp³-hybridized carbons (Fsp3) is 0.632. The van der Waals surface area contributed by atoms with Gasteiger partial charge >= 0.3 is 7.60 Å². The largest absolute Gasteiger partial charge is 0.368 e. The molecule has 0 radical (unpaired) electrons. The highest BCUT2D eigenvalue weighted by Crippen LogP contribution is 2.50. The molecular formula is C19H29ClN5O4P. The van der Waals surface area contributed by atoms with Gasteiger partial charge in [-0.15, -0.1) is 0 Å². The van der Waals surface area contributed by atoms with Crippen molar-refractivity contribution in [2.45, 2.75) is 52.2 Å². The summed E-state index contributed by atoms with van der Waals surface area (Å²) in [6, 6.07) is -0.113. The Kier molecular flexibility index (Phi) is 7.52. The molecule has 0 bridgehead atoms. The molecular weight excluding hydrogens is 429 g/mol. The number of rotatable bonds is 10. The summed E-state index contributed by atoms with van der Waals surface area (Å²) < 4.78 is 31.9. The lowest BCUT2D eigenvalue weighted by atomic mass is 10.0. The summed E-state index contributed by atoms with van der Waals surface area (Å²) in [6.07, 6.45) is 3.46. The number of nitrogens with zero attached hydrogens (tertiary/aromatic N) is 4. The van der Waals surface area contributed by atoms with E-state index in [0.29, 0.717) is 30.8 Å². The normalized spacial score (nSPS) is 22.3. The Balaban J connectivity index is 1.76. The Hall–Kier alpha value is -1.51. The van der Waals surface area contributed by atoms with E-state index in [1.165, 1.54) is 0 Å². The van der Waals surface area contributed by atoms with Crippen LogP contribution in [0.25, 0.3) is 11.2 Å². The van der Waals surface area contributed by atoms with Gasteiger partial charge in [-0.1, -0.05) is 39.0 Å². The summed E-state index contributed by atoms with van der Waals surface area (Å²) in [4.78, 5) is 12.6. The smallest absolute Gasteiger partial charge is 0.356 e. The molecule has 1 saturated carbocycles. The topological polar surface area (TPSA) is 114 Å². The second kappa shape index (κ2) is 9.75. The second-order valence-corrected chi connectivity index (χ2v) is 9.85. The van der Waals surface area contributed by atoms with Crippen LogP contribution in [0.2, 0.25) is 5.15 Å². The fourth-order valence-electron chi connectivity index (χ4n) is 3.66. The maximum Gasteiger partial charge on any atom is 0.356 e. The van der Waals surface area contributed by atoms with Gasteiger partial charge in [0.2, 0.25) is 5.95 Å². The zero-order valence-electron chi connectivity index (χ0n) is 17.6. The van der Waals surface area contributed by atoms with Crippen molar-refractivity contribution in [2.24, 2.45) is 5.92 Å². The van der Waals surface area contributed by atoms with E-state index in [0.717, 1.165) is 18.4 Å².